The number of nitrogens with zero attached hydrogens (tertiary/aromatic N) is 4. The molecule has 7 rings (SSSR count). The molecule has 10 heteroatoms. The van der Waals surface area contributed by atoms with Gasteiger partial charge in [-0.3, -0.25) is 4.79 Å². The first-order valence-corrected chi connectivity index (χ1v) is 15.4. The Morgan fingerprint density at radius 2 is 2.02 bits per heavy atom. The van der Waals surface area contributed by atoms with Crippen LogP contribution in [0.1, 0.15) is 59.2 Å². The second kappa shape index (κ2) is 11.9. The molecule has 1 unspecified atom stereocenters. The normalized spacial score (nSPS) is 15.5. The molecule has 2 aliphatic rings. The molecule has 0 bridgehead atoms. The molecule has 3 aromatic heterocycles. The van der Waals surface area contributed by atoms with E-state index in [1.54, 1.807) is 23.4 Å². The number of aromatic amines is 1. The van der Waals surface area contributed by atoms with Crippen molar-refractivity contribution in [1.82, 2.24) is 24.8 Å². The van der Waals surface area contributed by atoms with Crippen LogP contribution < -0.4 is 9.47 Å². The van der Waals surface area contributed by atoms with Gasteiger partial charge in [0.25, 0.3) is 5.91 Å². The van der Waals surface area contributed by atoms with E-state index in [2.05, 4.69) is 26.0 Å². The van der Waals surface area contributed by atoms with E-state index >= 15 is 4.39 Å². The van der Waals surface area contributed by atoms with Crippen molar-refractivity contribution in [2.24, 2.45) is 0 Å². The van der Waals surface area contributed by atoms with Crippen molar-refractivity contribution in [3.63, 3.8) is 0 Å². The molecule has 230 valence electrons. The van der Waals surface area contributed by atoms with Gasteiger partial charge in [0.15, 0.2) is 11.5 Å². The topological polar surface area (TPSA) is 113 Å². The lowest BCUT2D eigenvalue weighted by molar-refractivity contribution is 0.0739. The van der Waals surface area contributed by atoms with E-state index in [-0.39, 0.29) is 18.1 Å². The fraction of sp³-hybridized carbons (Fsp3) is 0.314. The summed E-state index contributed by atoms with van der Waals surface area (Å²) in [4.78, 5) is 32.1. The van der Waals surface area contributed by atoms with Gasteiger partial charge >= 0.3 is 0 Å². The number of carbonyl (C=O) groups excluding carboxylic acids is 1. The molecule has 2 N–H and O–H groups in total. The highest BCUT2D eigenvalue weighted by Gasteiger charge is 2.31. The molecule has 1 saturated carbocycles. The van der Waals surface area contributed by atoms with E-state index in [1.165, 1.54) is 6.07 Å². The Balaban J connectivity index is 1.11. The van der Waals surface area contributed by atoms with Crippen LogP contribution in [0.15, 0.2) is 60.9 Å². The Morgan fingerprint density at radius 1 is 1.16 bits per heavy atom. The molecule has 1 fully saturated rings. The molecular formula is C35H34FN5O4. The summed E-state index contributed by atoms with van der Waals surface area (Å²) >= 11 is 0. The highest BCUT2D eigenvalue weighted by atomic mass is 19.1. The number of benzene rings is 2. The van der Waals surface area contributed by atoms with Gasteiger partial charge in [-0.25, -0.2) is 19.3 Å². The summed E-state index contributed by atoms with van der Waals surface area (Å²) in [5.41, 5.74) is 6.81. The minimum Gasteiger partial charge on any atom is -0.491 e. The van der Waals surface area contributed by atoms with Crippen LogP contribution >= 0.6 is 0 Å². The van der Waals surface area contributed by atoms with E-state index in [0.29, 0.717) is 60.7 Å². The van der Waals surface area contributed by atoms with Crippen LogP contribution in [-0.2, 0) is 6.54 Å². The van der Waals surface area contributed by atoms with Gasteiger partial charge in [0.05, 0.1) is 24.4 Å². The molecule has 45 heavy (non-hydrogen) atoms. The van der Waals surface area contributed by atoms with Crippen LogP contribution in [0.2, 0.25) is 0 Å². The summed E-state index contributed by atoms with van der Waals surface area (Å²) < 4.78 is 26.6. The highest BCUT2D eigenvalue weighted by molar-refractivity contribution is 5.98. The van der Waals surface area contributed by atoms with Gasteiger partial charge in [0.1, 0.15) is 41.8 Å². The van der Waals surface area contributed by atoms with Crippen LogP contribution in [0, 0.1) is 12.7 Å². The van der Waals surface area contributed by atoms with Gasteiger partial charge < -0.3 is 24.5 Å². The smallest absolute Gasteiger partial charge is 0.261 e. The number of aryl methyl sites for hydroxylation is 1. The zero-order valence-electron chi connectivity index (χ0n) is 25.2. The number of fused-ring (bicyclic) bond motifs is 2. The third-order valence-electron chi connectivity index (χ3n) is 8.54. The summed E-state index contributed by atoms with van der Waals surface area (Å²) in [7, 11) is 0. The SMILES string of the molecule is CCC(O)COc1ccc(-c2nc3nccc(-c4ccc(CN5CCOc6cc(C7CC7)cc(F)c6C5=O)c(C)c4)c3[nH]2)nc1. The Morgan fingerprint density at radius 3 is 2.78 bits per heavy atom. The lowest BCUT2D eigenvalue weighted by Gasteiger charge is -2.21. The number of aromatic nitrogens is 4. The fourth-order valence-corrected chi connectivity index (χ4v) is 5.69. The average Bonchev–Trinajstić information content (AvgIpc) is 3.83. The maximum atomic E-state index is 15.1. The number of hydrogen-bond donors (Lipinski definition) is 2. The molecule has 0 saturated heterocycles. The number of rotatable bonds is 9. The predicted molar refractivity (Wildman–Crippen MR) is 168 cm³/mol. The van der Waals surface area contributed by atoms with Crippen molar-refractivity contribution in [2.45, 2.75) is 51.7 Å². The predicted octanol–water partition coefficient (Wildman–Crippen LogP) is 6.20. The number of ether oxygens (including phenoxy) is 2. The zero-order valence-corrected chi connectivity index (χ0v) is 25.2. The second-order valence-corrected chi connectivity index (χ2v) is 11.8. The lowest BCUT2D eigenvalue weighted by Crippen LogP contribution is -2.32. The van der Waals surface area contributed by atoms with Crippen molar-refractivity contribution >= 4 is 17.1 Å². The molecular weight excluding hydrogens is 573 g/mol. The Hall–Kier alpha value is -4.83. The second-order valence-electron chi connectivity index (χ2n) is 11.8. The molecule has 1 aliphatic carbocycles. The molecule has 1 atom stereocenters. The molecule has 9 nitrogen and oxygen atoms in total. The van der Waals surface area contributed by atoms with Crippen molar-refractivity contribution in [3.8, 4) is 34.1 Å². The third-order valence-corrected chi connectivity index (χ3v) is 8.54. The number of nitrogens with one attached hydrogen (secondary N) is 1. The fourth-order valence-electron chi connectivity index (χ4n) is 5.69. The van der Waals surface area contributed by atoms with Gasteiger partial charge in [0.2, 0.25) is 0 Å². The van der Waals surface area contributed by atoms with Crippen molar-refractivity contribution in [2.75, 3.05) is 19.8 Å². The first-order valence-electron chi connectivity index (χ1n) is 15.4. The van der Waals surface area contributed by atoms with Crippen molar-refractivity contribution in [3.05, 3.63) is 89.0 Å². The number of carbonyl (C=O) groups is 1. The first-order chi connectivity index (χ1) is 21.9. The summed E-state index contributed by atoms with van der Waals surface area (Å²) in [6.07, 6.45) is 5.54. The summed E-state index contributed by atoms with van der Waals surface area (Å²) in [6, 6.07) is 15.0. The maximum absolute atomic E-state index is 15.1. The average molecular weight is 608 g/mol. The summed E-state index contributed by atoms with van der Waals surface area (Å²) in [5, 5.41) is 9.74. The third kappa shape index (κ3) is 5.85. The number of aliphatic hydroxyl groups is 1. The number of imidazole rings is 1. The number of amides is 1. The summed E-state index contributed by atoms with van der Waals surface area (Å²) in [5.74, 6) is 1.02. The molecule has 5 aromatic rings. The number of H-pyrrole nitrogens is 1. The van der Waals surface area contributed by atoms with Gasteiger partial charge in [-0.15, -0.1) is 0 Å². The molecule has 1 aliphatic heterocycles. The van der Waals surface area contributed by atoms with Crippen molar-refractivity contribution < 1.29 is 23.8 Å². The zero-order chi connectivity index (χ0) is 31.1. The monoisotopic (exact) mass is 607 g/mol. The van der Waals surface area contributed by atoms with Gasteiger partial charge in [-0.2, -0.15) is 0 Å². The molecule has 4 heterocycles. The van der Waals surface area contributed by atoms with E-state index in [0.717, 1.165) is 46.2 Å². The van der Waals surface area contributed by atoms with Crippen molar-refractivity contribution in [1.29, 1.82) is 0 Å². The molecule has 2 aromatic carbocycles. The van der Waals surface area contributed by atoms with E-state index in [4.69, 9.17) is 9.47 Å². The largest absolute Gasteiger partial charge is 0.491 e. The number of hydrogen-bond acceptors (Lipinski definition) is 7. The Labute approximate surface area is 260 Å². The highest BCUT2D eigenvalue weighted by Crippen LogP contribution is 2.43. The van der Waals surface area contributed by atoms with E-state index < -0.39 is 11.9 Å². The lowest BCUT2D eigenvalue weighted by atomic mass is 9.99. The number of aliphatic hydroxyl groups excluding tert-OH is 1. The summed E-state index contributed by atoms with van der Waals surface area (Å²) in [6.45, 7) is 5.15. The minimum atomic E-state index is -0.518. The van der Waals surface area contributed by atoms with E-state index in [1.807, 2.05) is 44.2 Å². The number of halogens is 1. The van der Waals surface area contributed by atoms with Crippen LogP contribution in [0.4, 0.5) is 4.39 Å². The van der Waals surface area contributed by atoms with Gasteiger partial charge in [0, 0.05) is 18.3 Å². The molecule has 1 amide bonds. The molecule has 0 spiro atoms. The standard InChI is InChI=1S/C35H34FN5O4/c1-3-25(42)19-45-26-8-9-29(38-17-26)33-39-32-27(10-11-37-34(32)40-33)22-6-7-23(20(2)14-22)18-41-12-13-44-30-16-24(21-4-5-21)15-28(36)31(30)35(41)43/h6-11,14-17,21,25,42H,3-5,12-13,18-19H2,1-2H3,(H,37,39,40). The van der Waals surface area contributed by atoms with Crippen LogP contribution in [0.25, 0.3) is 33.8 Å². The quantitative estimate of drug-likeness (QED) is 0.205. The van der Waals surface area contributed by atoms with Gasteiger partial charge in [-0.1, -0.05) is 25.1 Å². The number of pyridine rings is 2. The van der Waals surface area contributed by atoms with Crippen LogP contribution in [0.3, 0.4) is 0 Å². The maximum Gasteiger partial charge on any atom is 0.261 e. The van der Waals surface area contributed by atoms with E-state index in [9.17, 15) is 9.90 Å². The minimum absolute atomic E-state index is 0.0207. The van der Waals surface area contributed by atoms with Crippen LogP contribution in [0.5, 0.6) is 11.5 Å². The first kappa shape index (κ1) is 28.9. The molecule has 0 radical (unpaired) electrons. The van der Waals surface area contributed by atoms with Gasteiger partial charge in [-0.05, 0) is 84.7 Å². The Kier molecular flexibility index (Phi) is 7.66. The van der Waals surface area contributed by atoms with Crippen LogP contribution in [-0.4, -0.2) is 61.7 Å². The Bertz CT molecular complexity index is 1890.